The molecule has 1 nitrogen and oxygen atoms in total. The topological polar surface area (TPSA) is 26.0 Å². The van der Waals surface area contributed by atoms with E-state index in [1.54, 1.807) is 6.42 Å². The SMILES string of the molecule is CCCC(N)C1C2CC3CC(C2)CC1C3. The molecule has 4 fully saturated rings. The van der Waals surface area contributed by atoms with Gasteiger partial charge in [0.25, 0.3) is 0 Å². The van der Waals surface area contributed by atoms with E-state index in [2.05, 4.69) is 6.92 Å². The summed E-state index contributed by atoms with van der Waals surface area (Å²) in [5.74, 6) is 5.12. The second-order valence-electron chi connectivity index (χ2n) is 6.46. The van der Waals surface area contributed by atoms with E-state index < -0.39 is 0 Å². The van der Waals surface area contributed by atoms with Gasteiger partial charge in [0.15, 0.2) is 0 Å². The first-order valence-electron chi connectivity index (χ1n) is 7.03. The number of rotatable bonds is 3. The van der Waals surface area contributed by atoms with Crippen LogP contribution in [0.5, 0.6) is 0 Å². The van der Waals surface area contributed by atoms with E-state index in [9.17, 15) is 0 Å². The Morgan fingerprint density at radius 2 is 1.53 bits per heavy atom. The van der Waals surface area contributed by atoms with Gasteiger partial charge in [-0.3, -0.25) is 0 Å². The zero-order chi connectivity index (χ0) is 10.4. The van der Waals surface area contributed by atoms with Gasteiger partial charge in [0.05, 0.1) is 0 Å². The van der Waals surface area contributed by atoms with Crippen LogP contribution in [0, 0.1) is 29.6 Å². The Bertz CT molecular complexity index is 207. The van der Waals surface area contributed by atoms with Gasteiger partial charge in [-0.1, -0.05) is 13.3 Å². The average Bonchev–Trinajstić information content (AvgIpc) is 2.15. The fourth-order valence-electron chi connectivity index (χ4n) is 5.19. The number of nitrogens with two attached hydrogens (primary N) is 1. The Morgan fingerprint density at radius 3 is 2.00 bits per heavy atom. The third kappa shape index (κ3) is 1.63. The predicted octanol–water partition coefficient (Wildman–Crippen LogP) is 3.19. The third-order valence-electron chi connectivity index (χ3n) is 5.42. The van der Waals surface area contributed by atoms with Crippen LogP contribution < -0.4 is 5.73 Å². The van der Waals surface area contributed by atoms with Gasteiger partial charge in [-0.15, -0.1) is 0 Å². The zero-order valence-electron chi connectivity index (χ0n) is 9.99. The molecular formula is C14H25N. The van der Waals surface area contributed by atoms with Crippen LogP contribution in [0.3, 0.4) is 0 Å². The van der Waals surface area contributed by atoms with Gasteiger partial charge in [0.1, 0.15) is 0 Å². The van der Waals surface area contributed by atoms with E-state index in [-0.39, 0.29) is 0 Å². The molecule has 0 aromatic carbocycles. The minimum Gasteiger partial charge on any atom is -0.327 e. The van der Waals surface area contributed by atoms with E-state index in [1.807, 2.05) is 0 Å². The molecule has 0 heterocycles. The fraction of sp³-hybridized carbons (Fsp3) is 1.00. The first-order chi connectivity index (χ1) is 7.28. The normalized spacial score (nSPS) is 49.6. The highest BCUT2D eigenvalue weighted by atomic mass is 14.7. The van der Waals surface area contributed by atoms with Crippen molar-refractivity contribution in [2.45, 2.75) is 57.9 Å². The standard InChI is InChI=1S/C14H25N/c1-2-3-13(15)14-11-5-9-4-10(7-11)8-12(14)6-9/h9-14H,2-8,15H2,1H3. The summed E-state index contributed by atoms with van der Waals surface area (Å²) < 4.78 is 0. The van der Waals surface area contributed by atoms with Gasteiger partial charge in [0.2, 0.25) is 0 Å². The van der Waals surface area contributed by atoms with Crippen molar-refractivity contribution in [3.8, 4) is 0 Å². The van der Waals surface area contributed by atoms with Crippen LogP contribution in [0.4, 0.5) is 0 Å². The average molecular weight is 207 g/mol. The molecule has 4 aliphatic rings. The van der Waals surface area contributed by atoms with Crippen LogP contribution in [-0.2, 0) is 0 Å². The van der Waals surface area contributed by atoms with Crippen molar-refractivity contribution in [2.75, 3.05) is 0 Å². The van der Waals surface area contributed by atoms with Gasteiger partial charge in [-0.2, -0.15) is 0 Å². The summed E-state index contributed by atoms with van der Waals surface area (Å²) >= 11 is 0. The summed E-state index contributed by atoms with van der Waals surface area (Å²) in [7, 11) is 0. The molecule has 1 heteroatoms. The molecule has 0 aliphatic heterocycles. The molecule has 86 valence electrons. The third-order valence-corrected chi connectivity index (χ3v) is 5.42. The molecule has 1 unspecified atom stereocenters. The highest BCUT2D eigenvalue weighted by Gasteiger charge is 2.49. The van der Waals surface area contributed by atoms with E-state index in [4.69, 9.17) is 5.73 Å². The summed E-state index contributed by atoms with van der Waals surface area (Å²) in [6.07, 6.45) is 10.2. The van der Waals surface area contributed by atoms with Crippen molar-refractivity contribution < 1.29 is 0 Å². The van der Waals surface area contributed by atoms with Crippen LogP contribution in [0.15, 0.2) is 0 Å². The monoisotopic (exact) mass is 207 g/mol. The van der Waals surface area contributed by atoms with Crippen molar-refractivity contribution >= 4 is 0 Å². The van der Waals surface area contributed by atoms with Gasteiger partial charge in [0, 0.05) is 6.04 Å². The molecule has 4 bridgehead atoms. The molecule has 2 N–H and O–H groups in total. The second-order valence-corrected chi connectivity index (χ2v) is 6.46. The molecule has 4 aliphatic carbocycles. The van der Waals surface area contributed by atoms with Crippen molar-refractivity contribution in [1.29, 1.82) is 0 Å². The van der Waals surface area contributed by atoms with Crippen LogP contribution >= 0.6 is 0 Å². The van der Waals surface area contributed by atoms with Crippen LogP contribution in [0.25, 0.3) is 0 Å². The largest absolute Gasteiger partial charge is 0.327 e. The molecule has 0 amide bonds. The lowest BCUT2D eigenvalue weighted by Crippen LogP contribution is -2.51. The van der Waals surface area contributed by atoms with E-state index in [0.717, 1.165) is 29.6 Å². The lowest BCUT2D eigenvalue weighted by atomic mass is 9.50. The van der Waals surface area contributed by atoms with E-state index >= 15 is 0 Å². The van der Waals surface area contributed by atoms with Crippen LogP contribution in [-0.4, -0.2) is 6.04 Å². The summed E-state index contributed by atoms with van der Waals surface area (Å²) in [5.41, 5.74) is 6.41. The molecule has 0 aromatic rings. The first kappa shape index (κ1) is 10.1. The first-order valence-corrected chi connectivity index (χ1v) is 7.03. The Kier molecular flexibility index (Phi) is 2.54. The zero-order valence-corrected chi connectivity index (χ0v) is 9.99. The Labute approximate surface area is 93.8 Å². The number of hydrogen-bond acceptors (Lipinski definition) is 1. The smallest absolute Gasteiger partial charge is 0.00723 e. The Morgan fingerprint density at radius 1 is 1.00 bits per heavy atom. The van der Waals surface area contributed by atoms with Gasteiger partial charge in [-0.25, -0.2) is 0 Å². The lowest BCUT2D eigenvalue weighted by molar-refractivity contribution is -0.0475. The summed E-state index contributed by atoms with van der Waals surface area (Å²) in [4.78, 5) is 0. The van der Waals surface area contributed by atoms with E-state index in [0.29, 0.717) is 6.04 Å². The number of hydrogen-bond donors (Lipinski definition) is 1. The molecule has 0 radical (unpaired) electrons. The fourth-order valence-corrected chi connectivity index (χ4v) is 5.19. The summed E-state index contributed by atoms with van der Waals surface area (Å²) in [6, 6.07) is 0.519. The molecule has 4 rings (SSSR count). The predicted molar refractivity (Wildman–Crippen MR) is 63.4 cm³/mol. The molecule has 4 saturated carbocycles. The van der Waals surface area contributed by atoms with E-state index in [1.165, 1.54) is 38.5 Å². The van der Waals surface area contributed by atoms with Crippen molar-refractivity contribution in [2.24, 2.45) is 35.3 Å². The molecule has 0 spiro atoms. The maximum Gasteiger partial charge on any atom is 0.00723 e. The van der Waals surface area contributed by atoms with Gasteiger partial charge in [-0.05, 0) is 68.1 Å². The van der Waals surface area contributed by atoms with Gasteiger partial charge < -0.3 is 5.73 Å². The molecule has 0 aromatic heterocycles. The molecule has 1 atom stereocenters. The maximum absolute atomic E-state index is 6.41. The maximum atomic E-state index is 6.41. The minimum absolute atomic E-state index is 0.519. The molecule has 0 saturated heterocycles. The van der Waals surface area contributed by atoms with Crippen molar-refractivity contribution in [3.63, 3.8) is 0 Å². The Hall–Kier alpha value is -0.0400. The summed E-state index contributed by atoms with van der Waals surface area (Å²) in [6.45, 7) is 2.27. The summed E-state index contributed by atoms with van der Waals surface area (Å²) in [5, 5.41) is 0. The van der Waals surface area contributed by atoms with Crippen molar-refractivity contribution in [1.82, 2.24) is 0 Å². The molecular weight excluding hydrogens is 182 g/mol. The highest BCUT2D eigenvalue weighted by Crippen LogP contribution is 2.57. The highest BCUT2D eigenvalue weighted by molar-refractivity contribution is 5.00. The quantitative estimate of drug-likeness (QED) is 0.755. The second kappa shape index (κ2) is 3.76. The van der Waals surface area contributed by atoms with Crippen LogP contribution in [0.1, 0.15) is 51.9 Å². The Balaban J connectivity index is 1.74. The minimum atomic E-state index is 0.519. The van der Waals surface area contributed by atoms with Crippen molar-refractivity contribution in [3.05, 3.63) is 0 Å². The lowest BCUT2D eigenvalue weighted by Gasteiger charge is -2.56. The van der Waals surface area contributed by atoms with Gasteiger partial charge >= 0.3 is 0 Å². The molecule has 15 heavy (non-hydrogen) atoms. The van der Waals surface area contributed by atoms with Crippen LogP contribution in [0.2, 0.25) is 0 Å².